The average Bonchev–Trinajstić information content (AvgIpc) is 2.89. The van der Waals surface area contributed by atoms with Crippen molar-refractivity contribution in [3.8, 4) is 0 Å². The maximum Gasteiger partial charge on any atom is 0.331 e. The van der Waals surface area contributed by atoms with Gasteiger partial charge in [0.1, 0.15) is 0 Å². The van der Waals surface area contributed by atoms with E-state index >= 15 is 0 Å². The van der Waals surface area contributed by atoms with Gasteiger partial charge in [-0.25, -0.2) is 9.59 Å². The third kappa shape index (κ3) is 4.46. The maximum absolute atomic E-state index is 12.1. The second-order valence-electron chi connectivity index (χ2n) is 5.63. The number of hydrogen-bond acceptors (Lipinski definition) is 3. The van der Waals surface area contributed by atoms with Gasteiger partial charge in [-0.05, 0) is 30.2 Å². The molecule has 6 heteroatoms. The molecular formula is C15H22N2O3S. The molecule has 0 bridgehead atoms. The zero-order valence-corrected chi connectivity index (χ0v) is 13.0. The summed E-state index contributed by atoms with van der Waals surface area (Å²) < 4.78 is 0. The Kier molecular flexibility index (Phi) is 5.61. The quantitative estimate of drug-likeness (QED) is 0.748. The van der Waals surface area contributed by atoms with E-state index in [4.69, 9.17) is 0 Å². The van der Waals surface area contributed by atoms with E-state index in [9.17, 15) is 14.7 Å². The molecule has 1 aromatic heterocycles. The molecule has 2 rings (SSSR count). The summed E-state index contributed by atoms with van der Waals surface area (Å²) in [6, 6.07) is 2.26. The van der Waals surface area contributed by atoms with E-state index in [0.29, 0.717) is 10.8 Å². The Labute approximate surface area is 128 Å². The normalized spacial score (nSPS) is 23.9. The van der Waals surface area contributed by atoms with E-state index in [2.05, 4.69) is 17.6 Å². The van der Waals surface area contributed by atoms with E-state index in [-0.39, 0.29) is 6.04 Å². The standard InChI is InChI=1S/C15H22N2O3S/c1-10-6-3-2-4-7-11(10)16-15(20)17-13(14(18)19)12-8-5-9-21-12/h5,8-11,13H,2-4,6-7H2,1H3,(H,18,19)(H2,16,17,20). The lowest BCUT2D eigenvalue weighted by Crippen LogP contribution is -2.47. The Morgan fingerprint density at radius 3 is 2.76 bits per heavy atom. The second kappa shape index (κ2) is 7.45. The molecule has 2 amide bonds. The molecule has 0 spiro atoms. The summed E-state index contributed by atoms with van der Waals surface area (Å²) in [4.78, 5) is 24.0. The summed E-state index contributed by atoms with van der Waals surface area (Å²) in [5, 5.41) is 16.6. The molecule has 21 heavy (non-hydrogen) atoms. The summed E-state index contributed by atoms with van der Waals surface area (Å²) in [5.74, 6) is -0.607. The number of aliphatic carboxylic acids is 1. The molecule has 0 aliphatic heterocycles. The lowest BCUT2D eigenvalue weighted by molar-refractivity contribution is -0.139. The van der Waals surface area contributed by atoms with Crippen molar-refractivity contribution in [3.05, 3.63) is 22.4 Å². The number of hydrogen-bond donors (Lipinski definition) is 3. The van der Waals surface area contributed by atoms with Crippen LogP contribution in [0.1, 0.15) is 49.9 Å². The fourth-order valence-electron chi connectivity index (χ4n) is 2.76. The lowest BCUT2D eigenvalue weighted by Gasteiger charge is -2.24. The van der Waals surface area contributed by atoms with Crippen molar-refractivity contribution in [1.82, 2.24) is 10.6 Å². The first-order valence-corrected chi connectivity index (χ1v) is 8.29. The number of amides is 2. The van der Waals surface area contributed by atoms with Gasteiger partial charge in [0.25, 0.3) is 0 Å². The number of rotatable bonds is 4. The van der Waals surface area contributed by atoms with Gasteiger partial charge in [-0.3, -0.25) is 0 Å². The monoisotopic (exact) mass is 310 g/mol. The summed E-state index contributed by atoms with van der Waals surface area (Å²) in [5.41, 5.74) is 0. The minimum atomic E-state index is -1.04. The van der Waals surface area contributed by atoms with Crippen molar-refractivity contribution in [1.29, 1.82) is 0 Å². The van der Waals surface area contributed by atoms with Crippen LogP contribution in [0.2, 0.25) is 0 Å². The molecule has 1 fully saturated rings. The largest absolute Gasteiger partial charge is 0.479 e. The second-order valence-corrected chi connectivity index (χ2v) is 6.61. The van der Waals surface area contributed by atoms with Gasteiger partial charge in [0, 0.05) is 10.9 Å². The van der Waals surface area contributed by atoms with Crippen LogP contribution in [-0.2, 0) is 4.79 Å². The van der Waals surface area contributed by atoms with Crippen LogP contribution in [0.15, 0.2) is 17.5 Å². The number of urea groups is 1. The van der Waals surface area contributed by atoms with Crippen molar-refractivity contribution < 1.29 is 14.7 Å². The molecule has 1 aliphatic carbocycles. The van der Waals surface area contributed by atoms with Gasteiger partial charge in [-0.2, -0.15) is 0 Å². The van der Waals surface area contributed by atoms with E-state index in [1.807, 2.05) is 0 Å². The van der Waals surface area contributed by atoms with Crippen LogP contribution in [0.3, 0.4) is 0 Å². The molecular weight excluding hydrogens is 288 g/mol. The number of nitrogens with one attached hydrogen (secondary N) is 2. The third-order valence-electron chi connectivity index (χ3n) is 4.03. The highest BCUT2D eigenvalue weighted by atomic mass is 32.1. The Bertz CT molecular complexity index is 475. The van der Waals surface area contributed by atoms with E-state index in [0.717, 1.165) is 19.3 Å². The molecule has 3 atom stereocenters. The van der Waals surface area contributed by atoms with Gasteiger partial charge in [0.15, 0.2) is 6.04 Å². The highest BCUT2D eigenvalue weighted by molar-refractivity contribution is 7.10. The van der Waals surface area contributed by atoms with Crippen molar-refractivity contribution in [2.24, 2.45) is 5.92 Å². The average molecular weight is 310 g/mol. The topological polar surface area (TPSA) is 78.4 Å². The van der Waals surface area contributed by atoms with Crippen LogP contribution >= 0.6 is 11.3 Å². The fourth-order valence-corrected chi connectivity index (χ4v) is 3.53. The van der Waals surface area contributed by atoms with Gasteiger partial charge in [-0.15, -0.1) is 11.3 Å². The van der Waals surface area contributed by atoms with Crippen LogP contribution in [0.4, 0.5) is 4.79 Å². The molecule has 1 saturated carbocycles. The molecule has 1 heterocycles. The van der Waals surface area contributed by atoms with Crippen molar-refractivity contribution in [2.45, 2.75) is 51.1 Å². The summed E-state index contributed by atoms with van der Waals surface area (Å²) in [6.07, 6.45) is 5.59. The van der Waals surface area contributed by atoms with Crippen molar-refractivity contribution in [3.63, 3.8) is 0 Å². The van der Waals surface area contributed by atoms with E-state index in [1.165, 1.54) is 24.2 Å². The molecule has 0 saturated heterocycles. The number of carbonyl (C=O) groups excluding carboxylic acids is 1. The summed E-state index contributed by atoms with van der Waals surface area (Å²) in [6.45, 7) is 2.14. The predicted octanol–water partition coefficient (Wildman–Crippen LogP) is 3.14. The highest BCUT2D eigenvalue weighted by Crippen LogP contribution is 2.23. The zero-order chi connectivity index (χ0) is 15.2. The Hall–Kier alpha value is -1.56. The summed E-state index contributed by atoms with van der Waals surface area (Å²) >= 11 is 1.33. The molecule has 116 valence electrons. The highest BCUT2D eigenvalue weighted by Gasteiger charge is 2.26. The summed E-state index contributed by atoms with van der Waals surface area (Å²) in [7, 11) is 0. The Balaban J connectivity index is 1.94. The van der Waals surface area contributed by atoms with Crippen molar-refractivity contribution in [2.75, 3.05) is 0 Å². The Morgan fingerprint density at radius 1 is 1.33 bits per heavy atom. The van der Waals surface area contributed by atoms with Gasteiger partial charge >= 0.3 is 12.0 Å². The molecule has 0 aromatic carbocycles. The number of carboxylic acids is 1. The SMILES string of the molecule is CC1CCCCCC1NC(=O)NC(C(=O)O)c1cccs1. The van der Waals surface area contributed by atoms with Gasteiger partial charge in [0.05, 0.1) is 0 Å². The molecule has 1 aromatic rings. The molecule has 5 nitrogen and oxygen atoms in total. The van der Waals surface area contributed by atoms with Crippen LogP contribution in [-0.4, -0.2) is 23.1 Å². The third-order valence-corrected chi connectivity index (χ3v) is 4.97. The van der Waals surface area contributed by atoms with Gasteiger partial charge < -0.3 is 15.7 Å². The van der Waals surface area contributed by atoms with Crippen LogP contribution in [0.5, 0.6) is 0 Å². The molecule has 1 aliphatic rings. The lowest BCUT2D eigenvalue weighted by atomic mass is 9.97. The number of thiophene rings is 1. The minimum Gasteiger partial charge on any atom is -0.479 e. The molecule has 0 radical (unpaired) electrons. The smallest absolute Gasteiger partial charge is 0.331 e. The first-order valence-electron chi connectivity index (χ1n) is 7.41. The molecule has 3 unspecified atom stereocenters. The minimum absolute atomic E-state index is 0.130. The van der Waals surface area contributed by atoms with Crippen molar-refractivity contribution >= 4 is 23.3 Å². The van der Waals surface area contributed by atoms with Crippen LogP contribution in [0, 0.1) is 5.92 Å². The zero-order valence-electron chi connectivity index (χ0n) is 12.2. The first kappa shape index (κ1) is 15.8. The number of carbonyl (C=O) groups is 2. The van der Waals surface area contributed by atoms with Crippen LogP contribution in [0.25, 0.3) is 0 Å². The van der Waals surface area contributed by atoms with Crippen LogP contribution < -0.4 is 10.6 Å². The fraction of sp³-hybridized carbons (Fsp3) is 0.600. The number of carboxylic acid groups (broad SMARTS) is 1. The Morgan fingerprint density at radius 2 is 2.10 bits per heavy atom. The maximum atomic E-state index is 12.1. The predicted molar refractivity (Wildman–Crippen MR) is 82.4 cm³/mol. The molecule has 3 N–H and O–H groups in total. The van der Waals surface area contributed by atoms with Gasteiger partial charge in [0.2, 0.25) is 0 Å². The van der Waals surface area contributed by atoms with E-state index < -0.39 is 18.0 Å². The van der Waals surface area contributed by atoms with Gasteiger partial charge in [-0.1, -0.05) is 32.3 Å². The van der Waals surface area contributed by atoms with E-state index in [1.54, 1.807) is 17.5 Å². The first-order chi connectivity index (χ1) is 10.1.